The van der Waals surface area contributed by atoms with Gasteiger partial charge in [0.2, 0.25) is 0 Å². The highest BCUT2D eigenvalue weighted by Crippen LogP contribution is 2.31. The molecule has 0 spiro atoms. The molecule has 3 nitrogen and oxygen atoms in total. The van der Waals surface area contributed by atoms with Crippen molar-refractivity contribution in [3.8, 4) is 0 Å². The Bertz CT molecular complexity index is 431. The minimum atomic E-state index is -4.43. The summed E-state index contributed by atoms with van der Waals surface area (Å²) >= 11 is 1.07. The maximum Gasteiger partial charge on any atom is 0.416 e. The zero-order valence-corrected chi connectivity index (χ0v) is 11.1. The molecule has 0 heterocycles. The largest absolute Gasteiger partial charge is 0.468 e. The van der Waals surface area contributed by atoms with E-state index in [0.29, 0.717) is 0 Å². The van der Waals surface area contributed by atoms with E-state index in [1.54, 1.807) is 6.26 Å². The number of hydrogen-bond acceptors (Lipinski definition) is 4. The molecule has 7 heteroatoms. The van der Waals surface area contributed by atoms with Crippen molar-refractivity contribution in [3.05, 3.63) is 35.4 Å². The van der Waals surface area contributed by atoms with Crippen molar-refractivity contribution < 1.29 is 27.8 Å². The molecule has 0 aliphatic carbocycles. The van der Waals surface area contributed by atoms with Crippen LogP contribution in [0.2, 0.25) is 0 Å². The normalized spacial score (nSPS) is 14.8. The van der Waals surface area contributed by atoms with Crippen molar-refractivity contribution in [3.63, 3.8) is 0 Å². The molecule has 0 bridgehead atoms. The second kappa shape index (κ2) is 6.29. The predicted octanol–water partition coefficient (Wildman–Crippen LogP) is 2.64. The number of benzene rings is 1. The van der Waals surface area contributed by atoms with Gasteiger partial charge in [-0.25, -0.2) is 0 Å². The Morgan fingerprint density at radius 1 is 1.32 bits per heavy atom. The number of hydrogen-bond donors (Lipinski definition) is 1. The van der Waals surface area contributed by atoms with E-state index in [0.717, 1.165) is 36.0 Å². The van der Waals surface area contributed by atoms with Crippen LogP contribution in [0.5, 0.6) is 0 Å². The Kier molecular flexibility index (Phi) is 5.25. The van der Waals surface area contributed by atoms with Crippen LogP contribution < -0.4 is 0 Å². The van der Waals surface area contributed by atoms with Crippen LogP contribution in [0.15, 0.2) is 24.3 Å². The number of aliphatic hydroxyl groups excluding tert-OH is 1. The third kappa shape index (κ3) is 3.87. The summed E-state index contributed by atoms with van der Waals surface area (Å²) in [4.78, 5) is 11.4. The zero-order chi connectivity index (χ0) is 14.6. The molecule has 19 heavy (non-hydrogen) atoms. The molecule has 1 aromatic carbocycles. The monoisotopic (exact) mass is 294 g/mol. The zero-order valence-electron chi connectivity index (χ0n) is 10.3. The molecule has 1 rings (SSSR count). The van der Waals surface area contributed by atoms with Gasteiger partial charge in [-0.05, 0) is 24.0 Å². The molecule has 106 valence electrons. The molecule has 2 atom stereocenters. The lowest BCUT2D eigenvalue weighted by molar-refractivity contribution is -0.142. The summed E-state index contributed by atoms with van der Waals surface area (Å²) in [5, 5.41) is 9.10. The van der Waals surface area contributed by atoms with Crippen LogP contribution >= 0.6 is 11.8 Å². The second-order valence-corrected chi connectivity index (χ2v) is 4.72. The van der Waals surface area contributed by atoms with Crippen molar-refractivity contribution in [1.82, 2.24) is 0 Å². The Hall–Kier alpha value is -1.21. The van der Waals surface area contributed by atoms with Crippen LogP contribution in [0.1, 0.15) is 17.2 Å². The summed E-state index contributed by atoms with van der Waals surface area (Å²) in [5.74, 6) is -0.625. The van der Waals surface area contributed by atoms with E-state index in [1.165, 1.54) is 7.11 Å². The van der Waals surface area contributed by atoms with Crippen LogP contribution in [-0.4, -0.2) is 29.7 Å². The molecule has 0 fully saturated rings. The first-order chi connectivity index (χ1) is 8.81. The molecule has 0 amide bonds. The molecule has 0 unspecified atom stereocenters. The highest BCUT2D eigenvalue weighted by atomic mass is 32.2. The van der Waals surface area contributed by atoms with E-state index < -0.39 is 29.1 Å². The highest BCUT2D eigenvalue weighted by molar-refractivity contribution is 7.99. The second-order valence-electron chi connectivity index (χ2n) is 3.74. The van der Waals surface area contributed by atoms with Gasteiger partial charge in [0.05, 0.1) is 12.7 Å². The molecule has 0 aliphatic rings. The SMILES string of the molecule is COC(=O)[C@@H](SC)[C@H](O)c1ccc(C(F)(F)F)cc1. The maximum atomic E-state index is 12.4. The lowest BCUT2D eigenvalue weighted by Gasteiger charge is -2.19. The summed E-state index contributed by atoms with van der Waals surface area (Å²) in [5.41, 5.74) is -0.569. The average molecular weight is 294 g/mol. The summed E-state index contributed by atoms with van der Waals surface area (Å²) in [6, 6.07) is 4.04. The Morgan fingerprint density at radius 2 is 1.84 bits per heavy atom. The first-order valence-corrected chi connectivity index (χ1v) is 6.56. The van der Waals surface area contributed by atoms with Crippen LogP contribution in [0.25, 0.3) is 0 Å². The molecular formula is C12H13F3O3S. The fraction of sp³-hybridized carbons (Fsp3) is 0.417. The summed E-state index contributed by atoms with van der Waals surface area (Å²) < 4.78 is 41.7. The smallest absolute Gasteiger partial charge is 0.416 e. The van der Waals surface area contributed by atoms with Crippen molar-refractivity contribution >= 4 is 17.7 Å². The van der Waals surface area contributed by atoms with Crippen LogP contribution in [0.3, 0.4) is 0 Å². The van der Waals surface area contributed by atoms with Crippen LogP contribution in [-0.2, 0) is 15.7 Å². The number of ether oxygens (including phenoxy) is 1. The number of aliphatic hydroxyl groups is 1. The molecule has 1 N–H and O–H groups in total. The number of rotatable bonds is 4. The Balaban J connectivity index is 2.94. The average Bonchev–Trinajstić information content (AvgIpc) is 2.38. The van der Waals surface area contributed by atoms with Gasteiger partial charge >= 0.3 is 12.1 Å². The van der Waals surface area contributed by atoms with Crippen molar-refractivity contribution in [2.45, 2.75) is 17.5 Å². The van der Waals surface area contributed by atoms with Crippen molar-refractivity contribution in [2.75, 3.05) is 13.4 Å². The van der Waals surface area contributed by atoms with Gasteiger partial charge in [-0.15, -0.1) is 11.8 Å². The highest BCUT2D eigenvalue weighted by Gasteiger charge is 2.32. The number of thioether (sulfide) groups is 1. The first-order valence-electron chi connectivity index (χ1n) is 5.27. The number of alkyl halides is 3. The van der Waals surface area contributed by atoms with Gasteiger partial charge in [0, 0.05) is 0 Å². The first kappa shape index (κ1) is 15.8. The van der Waals surface area contributed by atoms with E-state index in [1.807, 2.05) is 0 Å². The van der Waals surface area contributed by atoms with E-state index >= 15 is 0 Å². The van der Waals surface area contributed by atoms with E-state index in [9.17, 15) is 23.1 Å². The third-order valence-corrected chi connectivity index (χ3v) is 3.51. The lowest BCUT2D eigenvalue weighted by Crippen LogP contribution is -2.26. The quantitative estimate of drug-likeness (QED) is 0.867. The summed E-state index contributed by atoms with van der Waals surface area (Å²) in [6.07, 6.45) is -4.04. The Morgan fingerprint density at radius 3 is 2.21 bits per heavy atom. The van der Waals surface area contributed by atoms with Crippen LogP contribution in [0, 0.1) is 0 Å². The number of carbonyl (C=O) groups excluding carboxylic acids is 1. The molecule has 0 saturated carbocycles. The molecule has 0 aliphatic heterocycles. The number of carbonyl (C=O) groups is 1. The molecule has 0 saturated heterocycles. The Labute approximate surface area is 112 Å². The fourth-order valence-electron chi connectivity index (χ4n) is 1.51. The van der Waals surface area contributed by atoms with Gasteiger partial charge in [-0.3, -0.25) is 4.79 Å². The minimum Gasteiger partial charge on any atom is -0.468 e. The van der Waals surface area contributed by atoms with Gasteiger partial charge in [0.1, 0.15) is 11.4 Å². The molecule has 1 aromatic rings. The lowest BCUT2D eigenvalue weighted by atomic mass is 10.0. The van der Waals surface area contributed by atoms with E-state index in [-0.39, 0.29) is 5.56 Å². The van der Waals surface area contributed by atoms with Crippen LogP contribution in [0.4, 0.5) is 13.2 Å². The summed E-state index contributed by atoms with van der Waals surface area (Å²) in [7, 11) is 1.19. The van der Waals surface area contributed by atoms with E-state index in [4.69, 9.17) is 0 Å². The topological polar surface area (TPSA) is 46.5 Å². The van der Waals surface area contributed by atoms with Gasteiger partial charge < -0.3 is 9.84 Å². The maximum absolute atomic E-state index is 12.4. The van der Waals surface area contributed by atoms with Crippen molar-refractivity contribution in [1.29, 1.82) is 0 Å². The van der Waals surface area contributed by atoms with Gasteiger partial charge in [0.25, 0.3) is 0 Å². The number of esters is 1. The molecule has 0 radical (unpaired) electrons. The predicted molar refractivity (Wildman–Crippen MR) is 65.7 cm³/mol. The summed E-state index contributed by atoms with van der Waals surface area (Å²) in [6.45, 7) is 0. The number of methoxy groups -OCH3 is 1. The van der Waals surface area contributed by atoms with Gasteiger partial charge in [-0.1, -0.05) is 12.1 Å². The molecular weight excluding hydrogens is 281 g/mol. The fourth-order valence-corrected chi connectivity index (χ4v) is 2.22. The standard InChI is InChI=1S/C12H13F3O3S/c1-18-11(17)10(19-2)9(16)7-3-5-8(6-4-7)12(13,14)15/h3-6,9-10,16H,1-2H3/t9-,10+/m1/s1. The number of halogens is 3. The third-order valence-electron chi connectivity index (χ3n) is 2.55. The van der Waals surface area contributed by atoms with Crippen molar-refractivity contribution in [2.24, 2.45) is 0 Å². The van der Waals surface area contributed by atoms with E-state index in [2.05, 4.69) is 4.74 Å². The van der Waals surface area contributed by atoms with Gasteiger partial charge in [0.15, 0.2) is 0 Å². The molecule has 0 aromatic heterocycles. The minimum absolute atomic E-state index is 0.234. The van der Waals surface area contributed by atoms with Gasteiger partial charge in [-0.2, -0.15) is 13.2 Å².